The smallest absolute Gasteiger partial charge is 0.410 e. The molecule has 0 radical (unpaired) electrons. The highest BCUT2D eigenvalue weighted by Gasteiger charge is 2.46. The molecule has 1 heterocycles. The minimum atomic E-state index is -1.95. The van der Waals surface area contributed by atoms with Gasteiger partial charge in [0.25, 0.3) is 0 Å². The number of aliphatic hydroxyl groups excluding tert-OH is 1. The zero-order chi connectivity index (χ0) is 19.6. The largest absolute Gasteiger partial charge is 0.444 e. The van der Waals surface area contributed by atoms with Crippen LogP contribution in [0.3, 0.4) is 0 Å². The maximum atomic E-state index is 12.6. The van der Waals surface area contributed by atoms with Crippen molar-refractivity contribution in [2.45, 2.75) is 96.4 Å². The van der Waals surface area contributed by atoms with Crippen molar-refractivity contribution in [3.8, 4) is 0 Å². The molecule has 0 bridgehead atoms. The van der Waals surface area contributed by atoms with Crippen LogP contribution < -0.4 is 5.73 Å². The van der Waals surface area contributed by atoms with E-state index in [9.17, 15) is 9.90 Å². The molecule has 0 saturated carbocycles. The van der Waals surface area contributed by atoms with E-state index in [1.807, 2.05) is 20.8 Å². The summed E-state index contributed by atoms with van der Waals surface area (Å²) in [6.07, 6.45) is -0.0600. The zero-order valence-electron chi connectivity index (χ0n) is 17.3. The average Bonchev–Trinajstić information content (AvgIpc) is 2.79. The molecular weight excluding hydrogens is 336 g/mol. The maximum Gasteiger partial charge on any atom is 0.410 e. The number of carbonyl (C=O) groups is 1. The Labute approximate surface area is 154 Å². The van der Waals surface area contributed by atoms with Crippen molar-refractivity contribution in [1.29, 1.82) is 0 Å². The van der Waals surface area contributed by atoms with Crippen LogP contribution in [0.2, 0.25) is 18.1 Å². The van der Waals surface area contributed by atoms with E-state index >= 15 is 0 Å². The fourth-order valence-electron chi connectivity index (χ4n) is 2.76. The van der Waals surface area contributed by atoms with Gasteiger partial charge in [-0.2, -0.15) is 0 Å². The van der Waals surface area contributed by atoms with Crippen LogP contribution in [0.1, 0.15) is 54.4 Å². The quantitative estimate of drug-likeness (QED) is 0.722. The fourth-order valence-corrected chi connectivity index (χ4v) is 4.12. The highest BCUT2D eigenvalue weighted by Crippen LogP contribution is 2.39. The van der Waals surface area contributed by atoms with Crippen LogP contribution in [0.4, 0.5) is 4.79 Å². The van der Waals surface area contributed by atoms with Crippen LogP contribution in [-0.2, 0) is 9.16 Å². The first-order valence-electron chi connectivity index (χ1n) is 9.23. The van der Waals surface area contributed by atoms with Crippen molar-refractivity contribution in [1.82, 2.24) is 4.90 Å². The number of nitrogens with zero attached hydrogens (tertiary/aromatic N) is 1. The molecule has 0 aromatic rings. The lowest BCUT2D eigenvalue weighted by molar-refractivity contribution is 0.00392. The van der Waals surface area contributed by atoms with E-state index in [0.29, 0.717) is 25.9 Å². The highest BCUT2D eigenvalue weighted by atomic mass is 28.4. The Kier molecular flexibility index (Phi) is 7.12. The molecule has 1 saturated heterocycles. The van der Waals surface area contributed by atoms with Gasteiger partial charge in [0.2, 0.25) is 0 Å². The number of hydrogen-bond donors (Lipinski definition) is 2. The summed E-state index contributed by atoms with van der Waals surface area (Å²) >= 11 is 0. The van der Waals surface area contributed by atoms with Gasteiger partial charge in [-0.25, -0.2) is 4.79 Å². The van der Waals surface area contributed by atoms with E-state index in [2.05, 4.69) is 33.9 Å². The molecule has 0 aromatic carbocycles. The molecule has 1 fully saturated rings. The van der Waals surface area contributed by atoms with Gasteiger partial charge in [0, 0.05) is 6.54 Å². The summed E-state index contributed by atoms with van der Waals surface area (Å²) in [7, 11) is -1.95. The Morgan fingerprint density at radius 2 is 1.84 bits per heavy atom. The second kappa shape index (κ2) is 7.94. The van der Waals surface area contributed by atoms with Crippen LogP contribution in [-0.4, -0.2) is 61.4 Å². The third-order valence-corrected chi connectivity index (χ3v) is 9.64. The maximum absolute atomic E-state index is 12.6. The molecule has 0 aromatic heterocycles. The van der Waals surface area contributed by atoms with Gasteiger partial charge >= 0.3 is 6.09 Å². The third-order valence-electron chi connectivity index (χ3n) is 5.11. The minimum Gasteiger partial charge on any atom is -0.444 e. The molecular formula is C18H38N2O4Si. The highest BCUT2D eigenvalue weighted by molar-refractivity contribution is 6.74. The van der Waals surface area contributed by atoms with Gasteiger partial charge in [0.1, 0.15) is 5.60 Å². The van der Waals surface area contributed by atoms with Crippen LogP contribution in [0.25, 0.3) is 0 Å². The number of rotatable bonds is 5. The molecule has 1 rings (SSSR count). The van der Waals surface area contributed by atoms with Crippen LogP contribution in [0.15, 0.2) is 0 Å². The van der Waals surface area contributed by atoms with E-state index < -0.39 is 26.1 Å². The number of aliphatic hydroxyl groups is 1. The predicted molar refractivity (Wildman–Crippen MR) is 103 cm³/mol. The van der Waals surface area contributed by atoms with Crippen molar-refractivity contribution >= 4 is 14.4 Å². The second-order valence-electron chi connectivity index (χ2n) is 9.58. The number of carbonyl (C=O) groups excluding carboxylic acids is 1. The molecule has 1 aliphatic rings. The molecule has 0 spiro atoms. The number of hydrogen-bond acceptors (Lipinski definition) is 5. The lowest BCUT2D eigenvalue weighted by Gasteiger charge is -2.38. The van der Waals surface area contributed by atoms with Crippen LogP contribution in [0, 0.1) is 0 Å². The Bertz CT molecular complexity index is 457. The number of nitrogens with two attached hydrogens (primary N) is 1. The summed E-state index contributed by atoms with van der Waals surface area (Å²) in [6, 6.07) is -0.312. The molecule has 25 heavy (non-hydrogen) atoms. The van der Waals surface area contributed by atoms with Crippen LogP contribution >= 0.6 is 0 Å². The lowest BCUT2D eigenvalue weighted by atomic mass is 10.1. The molecule has 148 valence electrons. The Morgan fingerprint density at radius 1 is 1.28 bits per heavy atom. The first-order chi connectivity index (χ1) is 11.2. The van der Waals surface area contributed by atoms with Gasteiger partial charge in [0.15, 0.2) is 8.32 Å². The van der Waals surface area contributed by atoms with E-state index in [0.717, 1.165) is 0 Å². The second-order valence-corrected chi connectivity index (χ2v) is 14.3. The first kappa shape index (κ1) is 22.4. The summed E-state index contributed by atoms with van der Waals surface area (Å²) in [5.74, 6) is 0. The number of likely N-dealkylation sites (tertiary alicyclic amines) is 1. The van der Waals surface area contributed by atoms with Gasteiger partial charge in [-0.15, -0.1) is 0 Å². The molecule has 6 nitrogen and oxygen atoms in total. The minimum absolute atomic E-state index is 0.0779. The molecule has 3 atom stereocenters. The molecule has 0 aliphatic carbocycles. The fraction of sp³-hybridized carbons (Fsp3) is 0.944. The van der Waals surface area contributed by atoms with Gasteiger partial charge in [-0.1, -0.05) is 20.8 Å². The summed E-state index contributed by atoms with van der Waals surface area (Å²) in [5.41, 5.74) is 5.02. The zero-order valence-corrected chi connectivity index (χ0v) is 18.3. The van der Waals surface area contributed by atoms with Gasteiger partial charge in [-0.3, -0.25) is 4.90 Å². The Balaban J connectivity index is 2.92. The predicted octanol–water partition coefficient (Wildman–Crippen LogP) is 3.10. The Morgan fingerprint density at radius 3 is 2.28 bits per heavy atom. The monoisotopic (exact) mass is 374 g/mol. The summed E-state index contributed by atoms with van der Waals surface area (Å²) < 4.78 is 12.0. The summed E-state index contributed by atoms with van der Waals surface area (Å²) in [4.78, 5) is 14.2. The Hall–Kier alpha value is -0.633. The molecule has 3 N–H and O–H groups in total. The SMILES string of the molecule is CC(C)(C)OC(=O)N1C[C@H](O[Si](C)(C)C(C)(C)C)C[C@H]1[C@H](O)CCN. The van der Waals surface area contributed by atoms with Crippen molar-refractivity contribution in [2.75, 3.05) is 13.1 Å². The molecule has 1 aliphatic heterocycles. The third kappa shape index (κ3) is 6.23. The summed E-state index contributed by atoms with van der Waals surface area (Å²) in [5, 5.41) is 10.6. The van der Waals surface area contributed by atoms with Gasteiger partial charge in [0.05, 0.1) is 18.2 Å². The van der Waals surface area contributed by atoms with Crippen LogP contribution in [0.5, 0.6) is 0 Å². The van der Waals surface area contributed by atoms with E-state index in [4.69, 9.17) is 14.9 Å². The first-order valence-corrected chi connectivity index (χ1v) is 12.1. The van der Waals surface area contributed by atoms with E-state index in [1.54, 1.807) is 4.90 Å². The number of ether oxygens (including phenoxy) is 1. The topological polar surface area (TPSA) is 85.0 Å². The number of amides is 1. The van der Waals surface area contributed by atoms with Crippen molar-refractivity contribution in [3.05, 3.63) is 0 Å². The summed E-state index contributed by atoms with van der Waals surface area (Å²) in [6.45, 7) is 17.4. The molecule has 0 unspecified atom stereocenters. The van der Waals surface area contributed by atoms with Crippen molar-refractivity contribution < 1.29 is 19.1 Å². The molecule has 1 amide bonds. The van der Waals surface area contributed by atoms with E-state index in [-0.39, 0.29) is 17.2 Å². The van der Waals surface area contributed by atoms with Crippen molar-refractivity contribution in [2.24, 2.45) is 5.73 Å². The lowest BCUT2D eigenvalue weighted by Crippen LogP contribution is -2.46. The van der Waals surface area contributed by atoms with Crippen molar-refractivity contribution in [3.63, 3.8) is 0 Å². The van der Waals surface area contributed by atoms with Gasteiger partial charge < -0.3 is 20.0 Å². The normalized spacial score (nSPS) is 23.7. The standard InChI is InChI=1S/C18H38N2O4Si/c1-17(2,3)23-16(22)20-12-13(11-14(20)15(21)9-10-19)24-25(7,8)18(4,5)6/h13-15,21H,9-12,19H2,1-8H3/t13-,14+,15-/m1/s1. The molecule has 7 heteroatoms. The average molecular weight is 375 g/mol. The van der Waals surface area contributed by atoms with E-state index in [1.165, 1.54) is 0 Å². The van der Waals surface area contributed by atoms with Gasteiger partial charge in [-0.05, 0) is 58.3 Å².